The van der Waals surface area contributed by atoms with Crippen molar-refractivity contribution in [3.63, 3.8) is 0 Å². The van der Waals surface area contributed by atoms with Crippen molar-refractivity contribution in [1.82, 2.24) is 14.9 Å². The van der Waals surface area contributed by atoms with E-state index in [4.69, 9.17) is 16.3 Å². The zero-order chi connectivity index (χ0) is 23.9. The van der Waals surface area contributed by atoms with Gasteiger partial charge in [0, 0.05) is 23.7 Å². The number of hydrogen-bond donors (Lipinski definition) is 2. The van der Waals surface area contributed by atoms with Gasteiger partial charge in [-0.15, -0.1) is 0 Å². The number of amides is 2. The third-order valence-electron chi connectivity index (χ3n) is 5.02. The standard InChI is InChI=1S/C22H34ClN3O5S/c1-5-7-19(21(28)25-22(2,3)4)26(15-17-8-6-13-31-17)20(27)14-24-32(29,30)18-11-9-16(23)10-12-18/h9-12,17,19,24H,5-8,13-15H2,1-4H3,(H,25,28)/t17-,19-/m1/s1. The van der Waals surface area contributed by atoms with Crippen molar-refractivity contribution >= 4 is 33.4 Å². The molecule has 180 valence electrons. The lowest BCUT2D eigenvalue weighted by Crippen LogP contribution is -2.56. The monoisotopic (exact) mass is 487 g/mol. The van der Waals surface area contributed by atoms with E-state index in [9.17, 15) is 18.0 Å². The van der Waals surface area contributed by atoms with Gasteiger partial charge in [0.25, 0.3) is 0 Å². The first-order valence-corrected chi connectivity index (χ1v) is 12.8. The SMILES string of the molecule is CCC[C@H](C(=O)NC(C)(C)C)N(C[C@H]1CCCO1)C(=O)CNS(=O)(=O)c1ccc(Cl)cc1. The highest BCUT2D eigenvalue weighted by Crippen LogP contribution is 2.18. The number of rotatable bonds is 10. The Labute approximate surface area is 196 Å². The molecule has 2 atom stereocenters. The molecular formula is C22H34ClN3O5S. The molecule has 0 saturated carbocycles. The summed E-state index contributed by atoms with van der Waals surface area (Å²) >= 11 is 5.83. The molecule has 0 radical (unpaired) electrons. The van der Waals surface area contributed by atoms with Crippen LogP contribution in [0.4, 0.5) is 0 Å². The Bertz CT molecular complexity index is 878. The van der Waals surface area contributed by atoms with Crippen LogP contribution in [0, 0.1) is 0 Å². The summed E-state index contributed by atoms with van der Waals surface area (Å²) in [6, 6.07) is 4.97. The fourth-order valence-corrected chi connectivity index (χ4v) is 4.62. The fraction of sp³-hybridized carbons (Fsp3) is 0.636. The van der Waals surface area contributed by atoms with Crippen molar-refractivity contribution in [2.45, 2.75) is 76.0 Å². The van der Waals surface area contributed by atoms with Gasteiger partial charge in [-0.25, -0.2) is 13.1 Å². The van der Waals surface area contributed by atoms with E-state index < -0.39 is 34.1 Å². The minimum absolute atomic E-state index is 0.0101. The zero-order valence-electron chi connectivity index (χ0n) is 19.2. The number of halogens is 1. The summed E-state index contributed by atoms with van der Waals surface area (Å²) in [7, 11) is -3.91. The minimum atomic E-state index is -3.91. The average molecular weight is 488 g/mol. The Balaban J connectivity index is 2.20. The van der Waals surface area contributed by atoms with Crippen LogP contribution >= 0.6 is 11.6 Å². The lowest BCUT2D eigenvalue weighted by atomic mass is 10.0. The van der Waals surface area contributed by atoms with Gasteiger partial charge in [-0.3, -0.25) is 9.59 Å². The smallest absolute Gasteiger partial charge is 0.243 e. The molecule has 1 heterocycles. The van der Waals surface area contributed by atoms with Gasteiger partial charge in [-0.1, -0.05) is 24.9 Å². The number of benzene rings is 1. The molecule has 1 saturated heterocycles. The molecule has 2 rings (SSSR count). The molecule has 1 aromatic rings. The van der Waals surface area contributed by atoms with E-state index in [1.165, 1.54) is 29.2 Å². The maximum absolute atomic E-state index is 13.2. The number of ether oxygens (including phenoxy) is 1. The molecule has 0 unspecified atom stereocenters. The Hall–Kier alpha value is -1.68. The molecule has 1 aromatic carbocycles. The van der Waals surface area contributed by atoms with Crippen LogP contribution in [0.15, 0.2) is 29.2 Å². The molecule has 0 bridgehead atoms. The first kappa shape index (κ1) is 26.6. The number of hydrogen-bond acceptors (Lipinski definition) is 5. The van der Waals surface area contributed by atoms with Crippen LogP contribution in [-0.4, -0.2) is 62.5 Å². The summed E-state index contributed by atoms with van der Waals surface area (Å²) in [5.41, 5.74) is -0.460. The van der Waals surface area contributed by atoms with Crippen molar-refractivity contribution in [1.29, 1.82) is 0 Å². The zero-order valence-corrected chi connectivity index (χ0v) is 20.8. The summed E-state index contributed by atoms with van der Waals surface area (Å²) in [4.78, 5) is 27.7. The lowest BCUT2D eigenvalue weighted by molar-refractivity contribution is -0.142. The number of nitrogens with zero attached hydrogens (tertiary/aromatic N) is 1. The van der Waals surface area contributed by atoms with Crippen molar-refractivity contribution in [2.24, 2.45) is 0 Å². The molecule has 0 aromatic heterocycles. The van der Waals surface area contributed by atoms with E-state index in [-0.39, 0.29) is 23.5 Å². The van der Waals surface area contributed by atoms with E-state index in [0.717, 1.165) is 12.8 Å². The average Bonchev–Trinajstić information content (AvgIpc) is 3.21. The Morgan fingerprint density at radius 1 is 1.25 bits per heavy atom. The van der Waals surface area contributed by atoms with Gasteiger partial charge >= 0.3 is 0 Å². The Kier molecular flexibility index (Phi) is 9.51. The van der Waals surface area contributed by atoms with Crippen LogP contribution in [0.25, 0.3) is 0 Å². The second-order valence-electron chi connectivity index (χ2n) is 9.00. The summed E-state index contributed by atoms with van der Waals surface area (Å²) in [5.74, 6) is -0.730. The van der Waals surface area contributed by atoms with E-state index in [0.29, 0.717) is 24.5 Å². The maximum Gasteiger partial charge on any atom is 0.243 e. The molecule has 1 aliphatic heterocycles. The second-order valence-corrected chi connectivity index (χ2v) is 11.2. The Morgan fingerprint density at radius 3 is 2.44 bits per heavy atom. The highest BCUT2D eigenvalue weighted by molar-refractivity contribution is 7.89. The predicted octanol–water partition coefficient (Wildman–Crippen LogP) is 2.71. The summed E-state index contributed by atoms with van der Waals surface area (Å²) in [5, 5.41) is 3.36. The van der Waals surface area contributed by atoms with Crippen LogP contribution in [0.5, 0.6) is 0 Å². The van der Waals surface area contributed by atoms with Gasteiger partial charge < -0.3 is 15.0 Å². The van der Waals surface area contributed by atoms with Crippen LogP contribution < -0.4 is 10.0 Å². The van der Waals surface area contributed by atoms with E-state index in [2.05, 4.69) is 10.0 Å². The van der Waals surface area contributed by atoms with Gasteiger partial charge in [0.2, 0.25) is 21.8 Å². The van der Waals surface area contributed by atoms with E-state index >= 15 is 0 Å². The summed E-state index contributed by atoms with van der Waals surface area (Å²) in [6.45, 7) is 7.96. The normalized spacial score (nSPS) is 17.7. The van der Waals surface area contributed by atoms with E-state index in [1.54, 1.807) is 0 Å². The molecule has 2 amide bonds. The number of carbonyl (C=O) groups excluding carboxylic acids is 2. The highest BCUT2D eigenvalue weighted by atomic mass is 35.5. The maximum atomic E-state index is 13.2. The molecule has 0 spiro atoms. The predicted molar refractivity (Wildman–Crippen MR) is 124 cm³/mol. The van der Waals surface area contributed by atoms with Gasteiger partial charge in [-0.05, 0) is 64.3 Å². The first-order valence-electron chi connectivity index (χ1n) is 10.9. The quantitative estimate of drug-likeness (QED) is 0.528. The number of nitrogens with one attached hydrogen (secondary N) is 2. The molecule has 1 fully saturated rings. The van der Waals surface area contributed by atoms with Gasteiger partial charge in [0.15, 0.2) is 0 Å². The van der Waals surface area contributed by atoms with Crippen molar-refractivity contribution < 1.29 is 22.7 Å². The van der Waals surface area contributed by atoms with Crippen molar-refractivity contribution in [2.75, 3.05) is 19.7 Å². The number of sulfonamides is 1. The molecule has 8 nitrogen and oxygen atoms in total. The molecule has 2 N–H and O–H groups in total. The van der Waals surface area contributed by atoms with Gasteiger partial charge in [-0.2, -0.15) is 0 Å². The van der Waals surface area contributed by atoms with Crippen LogP contribution in [-0.2, 0) is 24.3 Å². The van der Waals surface area contributed by atoms with Crippen LogP contribution in [0.2, 0.25) is 5.02 Å². The molecular weight excluding hydrogens is 454 g/mol. The summed E-state index contributed by atoms with van der Waals surface area (Å²) in [6.07, 6.45) is 2.66. The summed E-state index contributed by atoms with van der Waals surface area (Å²) < 4.78 is 33.2. The minimum Gasteiger partial charge on any atom is -0.376 e. The Morgan fingerprint density at radius 2 is 1.91 bits per heavy atom. The second kappa shape index (κ2) is 11.4. The topological polar surface area (TPSA) is 105 Å². The van der Waals surface area contributed by atoms with Crippen molar-refractivity contribution in [3.05, 3.63) is 29.3 Å². The molecule has 32 heavy (non-hydrogen) atoms. The van der Waals surface area contributed by atoms with Gasteiger partial charge in [0.05, 0.1) is 17.5 Å². The molecule has 0 aliphatic carbocycles. The largest absolute Gasteiger partial charge is 0.376 e. The van der Waals surface area contributed by atoms with Crippen molar-refractivity contribution in [3.8, 4) is 0 Å². The third-order valence-corrected chi connectivity index (χ3v) is 6.69. The lowest BCUT2D eigenvalue weighted by Gasteiger charge is -2.34. The van der Waals surface area contributed by atoms with Gasteiger partial charge in [0.1, 0.15) is 6.04 Å². The number of carbonyl (C=O) groups is 2. The highest BCUT2D eigenvalue weighted by Gasteiger charge is 2.34. The van der Waals surface area contributed by atoms with E-state index in [1.807, 2.05) is 27.7 Å². The molecule has 10 heteroatoms. The fourth-order valence-electron chi connectivity index (χ4n) is 3.52. The third kappa shape index (κ3) is 8.03. The molecule has 1 aliphatic rings. The van der Waals surface area contributed by atoms with Crippen LogP contribution in [0.3, 0.4) is 0 Å². The first-order chi connectivity index (χ1) is 14.9. The van der Waals surface area contributed by atoms with Crippen LogP contribution in [0.1, 0.15) is 53.4 Å².